The molecule has 122 valence electrons. The summed E-state index contributed by atoms with van der Waals surface area (Å²) in [6.45, 7) is 8.18. The largest absolute Gasteiger partial charge is 0.491 e. The van der Waals surface area contributed by atoms with E-state index in [0.717, 1.165) is 28.6 Å². The van der Waals surface area contributed by atoms with E-state index in [1.54, 1.807) is 0 Å². The van der Waals surface area contributed by atoms with E-state index in [0.29, 0.717) is 12.2 Å². The number of hydrogen-bond donors (Lipinski definition) is 1. The van der Waals surface area contributed by atoms with Gasteiger partial charge in [0.15, 0.2) is 5.78 Å². The van der Waals surface area contributed by atoms with Crippen LogP contribution in [-0.4, -0.2) is 29.9 Å². The van der Waals surface area contributed by atoms with Crippen LogP contribution in [-0.2, 0) is 15.7 Å². The zero-order valence-electron chi connectivity index (χ0n) is 14.2. The van der Waals surface area contributed by atoms with Gasteiger partial charge in [0.05, 0.1) is 11.2 Å². The third-order valence-electron chi connectivity index (χ3n) is 5.14. The molecule has 0 N–H and O–H groups in total. The molecule has 0 amide bonds. The molecule has 1 aliphatic heterocycles. The molecule has 3 nitrogen and oxygen atoms in total. The van der Waals surface area contributed by atoms with Crippen LogP contribution in [0.25, 0.3) is 6.08 Å². The van der Waals surface area contributed by atoms with E-state index < -0.39 is 0 Å². The van der Waals surface area contributed by atoms with Gasteiger partial charge in [-0.25, -0.2) is 0 Å². The lowest BCUT2D eigenvalue weighted by Gasteiger charge is -2.32. The summed E-state index contributed by atoms with van der Waals surface area (Å²) < 4.78 is 12.2. The highest BCUT2D eigenvalue weighted by Crippen LogP contribution is 2.39. The summed E-state index contributed by atoms with van der Waals surface area (Å²) in [5.74, 6) is 0.809. The predicted molar refractivity (Wildman–Crippen MR) is 97.0 cm³/mol. The van der Waals surface area contributed by atoms with Crippen LogP contribution in [0.2, 0.25) is 0 Å². The van der Waals surface area contributed by atoms with Gasteiger partial charge < -0.3 is 9.31 Å². The van der Waals surface area contributed by atoms with Crippen LogP contribution < -0.4 is 0 Å². The number of fused-ring (bicyclic) bond motifs is 1. The number of benzene rings is 1. The fraction of sp³-hybridized carbons (Fsp3) is 0.500. The number of aryl methyl sites for hydroxylation is 1. The molecule has 1 aromatic rings. The third kappa shape index (κ3) is 3.02. The summed E-state index contributed by atoms with van der Waals surface area (Å²) in [5.41, 5.74) is 3.35. The molecule has 0 atom stereocenters. The maximum Gasteiger partial charge on any atom is 0.491 e. The quantitative estimate of drug-likeness (QED) is 0.677. The van der Waals surface area contributed by atoms with Crippen LogP contribution in [0, 0.1) is 0 Å². The van der Waals surface area contributed by atoms with Crippen LogP contribution in [0.3, 0.4) is 0 Å². The second kappa shape index (κ2) is 5.80. The molecule has 1 fully saturated rings. The Labute approximate surface area is 144 Å². The van der Waals surface area contributed by atoms with Gasteiger partial charge in [-0.05, 0) is 50.7 Å². The van der Waals surface area contributed by atoms with Crippen LogP contribution in [0.5, 0.6) is 0 Å². The van der Waals surface area contributed by atoms with Crippen molar-refractivity contribution in [3.05, 3.63) is 40.4 Å². The lowest BCUT2D eigenvalue weighted by molar-refractivity contribution is 0.00578. The number of thiol groups is 1. The van der Waals surface area contributed by atoms with Crippen LogP contribution >= 0.6 is 12.6 Å². The fourth-order valence-corrected chi connectivity index (χ4v) is 3.20. The predicted octanol–water partition coefficient (Wildman–Crippen LogP) is 3.76. The van der Waals surface area contributed by atoms with Crippen molar-refractivity contribution in [2.24, 2.45) is 0 Å². The molecule has 1 saturated heterocycles. The van der Waals surface area contributed by atoms with Crippen molar-refractivity contribution in [3.63, 3.8) is 0 Å². The Kier molecular flexibility index (Phi) is 4.24. The standard InChI is InChI=1S/C18H23BO3S/c1-17(2)18(3,4)22-19(21-17)14(11-23)10-12-5-7-15-13(9-12)6-8-16(15)20/h5,7,9-10,23H,6,8,11H2,1-4H3. The normalized spacial score (nSPS) is 22.6. The summed E-state index contributed by atoms with van der Waals surface area (Å²) in [4.78, 5) is 11.7. The smallest absolute Gasteiger partial charge is 0.400 e. The van der Waals surface area contributed by atoms with E-state index in [2.05, 4.69) is 24.8 Å². The minimum absolute atomic E-state index is 0.246. The Morgan fingerprint density at radius 2 is 1.87 bits per heavy atom. The van der Waals surface area contributed by atoms with E-state index in [1.165, 1.54) is 0 Å². The average Bonchev–Trinajstić information content (AvgIpc) is 2.94. The average molecular weight is 330 g/mol. The molecule has 5 heteroatoms. The van der Waals surface area contributed by atoms with E-state index in [-0.39, 0.29) is 24.1 Å². The monoisotopic (exact) mass is 330 g/mol. The van der Waals surface area contributed by atoms with Crippen LogP contribution in [0.15, 0.2) is 23.7 Å². The highest BCUT2D eigenvalue weighted by atomic mass is 32.1. The molecular weight excluding hydrogens is 307 g/mol. The zero-order valence-corrected chi connectivity index (χ0v) is 15.1. The number of Topliss-reactive ketones (excluding diaryl/α,β-unsaturated/α-hetero) is 1. The molecule has 0 radical (unpaired) electrons. The molecule has 1 aromatic carbocycles. The zero-order chi connectivity index (χ0) is 16.8. The second-order valence-corrected chi connectivity index (χ2v) is 7.62. The second-order valence-electron chi connectivity index (χ2n) is 7.31. The van der Waals surface area contributed by atoms with Gasteiger partial charge in [0.2, 0.25) is 0 Å². The van der Waals surface area contributed by atoms with Gasteiger partial charge in [-0.2, -0.15) is 12.6 Å². The molecule has 3 rings (SSSR count). The van der Waals surface area contributed by atoms with Crippen LogP contribution in [0.1, 0.15) is 55.6 Å². The van der Waals surface area contributed by atoms with E-state index in [9.17, 15) is 4.79 Å². The first-order valence-corrected chi connectivity index (χ1v) is 8.70. The van der Waals surface area contributed by atoms with Crippen molar-refractivity contribution in [1.29, 1.82) is 0 Å². The van der Waals surface area contributed by atoms with Crippen molar-refractivity contribution >= 4 is 31.6 Å². The van der Waals surface area contributed by atoms with E-state index in [1.807, 2.05) is 39.8 Å². The molecular formula is C18H23BO3S. The first-order chi connectivity index (χ1) is 10.7. The van der Waals surface area contributed by atoms with Gasteiger partial charge in [-0.15, -0.1) is 0 Å². The molecule has 0 spiro atoms. The molecule has 0 unspecified atom stereocenters. The van der Waals surface area contributed by atoms with Crippen molar-refractivity contribution in [2.45, 2.75) is 51.7 Å². The highest BCUT2D eigenvalue weighted by molar-refractivity contribution is 7.80. The fourth-order valence-electron chi connectivity index (χ4n) is 2.96. The number of hydrogen-bond acceptors (Lipinski definition) is 4. The summed E-state index contributed by atoms with van der Waals surface area (Å²) in [7, 11) is -0.382. The minimum atomic E-state index is -0.382. The molecule has 0 saturated carbocycles. The SMILES string of the molecule is CC1(C)OB(C(=Cc2ccc3c(c2)CCC3=O)CS)OC1(C)C. The lowest BCUT2D eigenvalue weighted by Crippen LogP contribution is -2.41. The summed E-state index contributed by atoms with van der Waals surface area (Å²) >= 11 is 4.45. The molecule has 0 bridgehead atoms. The first kappa shape index (κ1) is 16.8. The number of carbonyl (C=O) groups is 1. The third-order valence-corrected chi connectivity index (χ3v) is 5.51. The molecule has 1 heterocycles. The maximum absolute atomic E-state index is 11.7. The summed E-state index contributed by atoms with van der Waals surface area (Å²) in [6, 6.07) is 6.00. The maximum atomic E-state index is 11.7. The summed E-state index contributed by atoms with van der Waals surface area (Å²) in [6.07, 6.45) is 3.53. The number of carbonyl (C=O) groups excluding carboxylic acids is 1. The summed E-state index contributed by atoms with van der Waals surface area (Å²) in [5, 5.41) is 0. The van der Waals surface area contributed by atoms with Crippen molar-refractivity contribution < 1.29 is 14.1 Å². The van der Waals surface area contributed by atoms with Crippen molar-refractivity contribution in [3.8, 4) is 0 Å². The van der Waals surface area contributed by atoms with Gasteiger partial charge in [0.25, 0.3) is 0 Å². The highest BCUT2D eigenvalue weighted by Gasteiger charge is 2.52. The van der Waals surface area contributed by atoms with E-state index in [4.69, 9.17) is 9.31 Å². The molecule has 0 aromatic heterocycles. The van der Waals surface area contributed by atoms with E-state index >= 15 is 0 Å². The van der Waals surface area contributed by atoms with Gasteiger partial charge >= 0.3 is 7.12 Å². The number of rotatable bonds is 3. The topological polar surface area (TPSA) is 35.5 Å². The Morgan fingerprint density at radius 3 is 2.48 bits per heavy atom. The van der Waals surface area contributed by atoms with Gasteiger partial charge in [-0.1, -0.05) is 24.3 Å². The van der Waals surface area contributed by atoms with Crippen molar-refractivity contribution in [2.75, 3.05) is 5.75 Å². The Bertz CT molecular complexity index is 663. The molecule has 23 heavy (non-hydrogen) atoms. The minimum Gasteiger partial charge on any atom is -0.400 e. The Hall–Kier alpha value is -1.04. The molecule has 2 aliphatic rings. The number of ketones is 1. The van der Waals surface area contributed by atoms with Crippen LogP contribution in [0.4, 0.5) is 0 Å². The molecule has 1 aliphatic carbocycles. The van der Waals surface area contributed by atoms with Gasteiger partial charge in [0, 0.05) is 17.7 Å². The van der Waals surface area contributed by atoms with Gasteiger partial charge in [0.1, 0.15) is 0 Å². The van der Waals surface area contributed by atoms with Gasteiger partial charge in [-0.3, -0.25) is 4.79 Å². The Balaban J connectivity index is 1.87. The Morgan fingerprint density at radius 1 is 1.22 bits per heavy atom. The lowest BCUT2D eigenvalue weighted by atomic mass is 9.78. The van der Waals surface area contributed by atoms with Crippen molar-refractivity contribution in [1.82, 2.24) is 0 Å². The first-order valence-electron chi connectivity index (χ1n) is 8.06.